The number of pyridine rings is 1. The third-order valence-corrected chi connectivity index (χ3v) is 5.53. The number of hydrogen-bond donors (Lipinski definition) is 3. The van der Waals surface area contributed by atoms with E-state index in [0.717, 1.165) is 11.3 Å². The second kappa shape index (κ2) is 8.50. The highest BCUT2D eigenvalue weighted by Crippen LogP contribution is 2.25. The van der Waals surface area contributed by atoms with E-state index in [4.69, 9.17) is 0 Å². The molecule has 0 saturated carbocycles. The van der Waals surface area contributed by atoms with Crippen LogP contribution in [0.2, 0.25) is 0 Å². The van der Waals surface area contributed by atoms with Crippen LogP contribution in [-0.4, -0.2) is 40.8 Å². The summed E-state index contributed by atoms with van der Waals surface area (Å²) >= 11 is 0. The van der Waals surface area contributed by atoms with Crippen molar-refractivity contribution in [1.29, 1.82) is 0 Å². The van der Waals surface area contributed by atoms with Crippen LogP contribution in [0, 0.1) is 5.92 Å². The lowest BCUT2D eigenvalue weighted by Gasteiger charge is -2.32. The largest absolute Gasteiger partial charge is 0.341 e. The van der Waals surface area contributed by atoms with Crippen molar-refractivity contribution in [2.75, 3.05) is 18.4 Å². The van der Waals surface area contributed by atoms with Gasteiger partial charge in [-0.3, -0.25) is 14.6 Å². The van der Waals surface area contributed by atoms with Crippen LogP contribution < -0.4 is 16.2 Å². The van der Waals surface area contributed by atoms with Crippen molar-refractivity contribution in [2.45, 2.75) is 31.3 Å². The van der Waals surface area contributed by atoms with Crippen LogP contribution in [0.5, 0.6) is 0 Å². The summed E-state index contributed by atoms with van der Waals surface area (Å²) in [5.74, 6) is 0.0890. The maximum Gasteiger partial charge on any atom is 0.241 e. The molecule has 4 rings (SSSR count). The van der Waals surface area contributed by atoms with Gasteiger partial charge in [-0.25, -0.2) is 10.9 Å². The van der Waals surface area contributed by atoms with Gasteiger partial charge in [0.15, 0.2) is 0 Å². The average Bonchev–Trinajstić information content (AvgIpc) is 3.25. The Morgan fingerprint density at radius 1 is 1.00 bits per heavy atom. The molecule has 0 aliphatic carbocycles. The monoisotopic (exact) mass is 379 g/mol. The SMILES string of the molecule is O=C(Nc1ccccc1)C1CCN(C(=O)C2CC(c3ccncc3)NN2)CC1. The highest BCUT2D eigenvalue weighted by Gasteiger charge is 2.35. The van der Waals surface area contributed by atoms with E-state index in [9.17, 15) is 9.59 Å². The van der Waals surface area contributed by atoms with Gasteiger partial charge in [-0.1, -0.05) is 18.2 Å². The standard InChI is InChI=1S/C21H25N5O2/c27-20(23-17-4-2-1-3-5-17)16-8-12-26(13-9-16)21(28)19-14-18(24-25-19)15-6-10-22-11-7-15/h1-7,10-11,16,18-19,24-25H,8-9,12-14H2,(H,23,27). The van der Waals surface area contributed by atoms with Gasteiger partial charge in [0, 0.05) is 43.1 Å². The zero-order chi connectivity index (χ0) is 19.3. The Labute approximate surface area is 164 Å². The summed E-state index contributed by atoms with van der Waals surface area (Å²) in [6.07, 6.45) is 5.61. The van der Waals surface area contributed by atoms with Crippen LogP contribution in [0.3, 0.4) is 0 Å². The van der Waals surface area contributed by atoms with Crippen molar-refractivity contribution in [3.63, 3.8) is 0 Å². The van der Waals surface area contributed by atoms with E-state index < -0.39 is 0 Å². The van der Waals surface area contributed by atoms with Crippen LogP contribution in [0.15, 0.2) is 54.9 Å². The minimum Gasteiger partial charge on any atom is -0.341 e. The average molecular weight is 379 g/mol. The first kappa shape index (κ1) is 18.6. The van der Waals surface area contributed by atoms with Crippen LogP contribution in [0.4, 0.5) is 5.69 Å². The van der Waals surface area contributed by atoms with Gasteiger partial charge < -0.3 is 10.2 Å². The summed E-state index contributed by atoms with van der Waals surface area (Å²) in [6, 6.07) is 13.3. The molecule has 0 bridgehead atoms. The summed E-state index contributed by atoms with van der Waals surface area (Å²) in [7, 11) is 0. The van der Waals surface area contributed by atoms with Crippen molar-refractivity contribution in [2.24, 2.45) is 5.92 Å². The molecule has 0 radical (unpaired) electrons. The van der Waals surface area contributed by atoms with Crippen molar-refractivity contribution < 1.29 is 9.59 Å². The quantitative estimate of drug-likeness (QED) is 0.755. The van der Waals surface area contributed by atoms with Gasteiger partial charge in [-0.05, 0) is 49.1 Å². The van der Waals surface area contributed by atoms with Gasteiger partial charge in [0.25, 0.3) is 0 Å². The highest BCUT2D eigenvalue weighted by molar-refractivity contribution is 5.92. The number of benzene rings is 1. The number of nitrogens with zero attached hydrogens (tertiary/aromatic N) is 2. The molecule has 2 saturated heterocycles. The molecular formula is C21H25N5O2. The van der Waals surface area contributed by atoms with Gasteiger partial charge in [0.2, 0.25) is 11.8 Å². The van der Waals surface area contributed by atoms with Crippen LogP contribution in [-0.2, 0) is 9.59 Å². The summed E-state index contributed by atoms with van der Waals surface area (Å²) in [6.45, 7) is 1.23. The Balaban J connectivity index is 1.27. The first-order valence-electron chi connectivity index (χ1n) is 9.76. The van der Waals surface area contributed by atoms with Crippen LogP contribution >= 0.6 is 0 Å². The fourth-order valence-corrected chi connectivity index (χ4v) is 3.88. The minimum atomic E-state index is -0.243. The molecule has 2 fully saturated rings. The van der Waals surface area contributed by atoms with Gasteiger partial charge in [-0.2, -0.15) is 0 Å². The van der Waals surface area contributed by atoms with Gasteiger partial charge in [0.1, 0.15) is 6.04 Å². The van der Waals surface area contributed by atoms with Gasteiger partial charge in [0.05, 0.1) is 0 Å². The molecular weight excluding hydrogens is 354 g/mol. The maximum absolute atomic E-state index is 12.9. The zero-order valence-corrected chi connectivity index (χ0v) is 15.7. The van der Waals surface area contributed by atoms with E-state index in [1.54, 1.807) is 12.4 Å². The molecule has 3 heterocycles. The predicted octanol–water partition coefficient (Wildman–Crippen LogP) is 1.87. The molecule has 2 atom stereocenters. The number of para-hydroxylation sites is 1. The molecule has 146 valence electrons. The van der Waals surface area contributed by atoms with Gasteiger partial charge >= 0.3 is 0 Å². The Bertz CT molecular complexity index is 806. The Morgan fingerprint density at radius 2 is 1.71 bits per heavy atom. The second-order valence-electron chi connectivity index (χ2n) is 7.36. The van der Waals surface area contributed by atoms with E-state index >= 15 is 0 Å². The summed E-state index contributed by atoms with van der Waals surface area (Å²) in [5.41, 5.74) is 8.27. The normalized spacial score (nSPS) is 22.8. The Morgan fingerprint density at radius 3 is 2.43 bits per heavy atom. The number of aromatic nitrogens is 1. The first-order chi connectivity index (χ1) is 13.7. The molecule has 0 spiro atoms. The molecule has 1 aromatic carbocycles. The third-order valence-electron chi connectivity index (χ3n) is 5.53. The number of carbonyl (C=O) groups excluding carboxylic acids is 2. The molecule has 2 unspecified atom stereocenters. The second-order valence-corrected chi connectivity index (χ2v) is 7.36. The minimum absolute atomic E-state index is 0.0386. The number of hydrogen-bond acceptors (Lipinski definition) is 5. The molecule has 1 aromatic heterocycles. The summed E-state index contributed by atoms with van der Waals surface area (Å²) in [5, 5.41) is 2.96. The molecule has 2 amide bonds. The Kier molecular flexibility index (Phi) is 5.64. The van der Waals surface area contributed by atoms with E-state index in [2.05, 4.69) is 21.2 Å². The molecule has 7 heteroatoms. The van der Waals surface area contributed by atoms with Crippen molar-refractivity contribution in [3.8, 4) is 0 Å². The van der Waals surface area contributed by atoms with E-state index in [0.29, 0.717) is 32.4 Å². The number of anilines is 1. The number of likely N-dealkylation sites (tertiary alicyclic amines) is 1. The van der Waals surface area contributed by atoms with Gasteiger partial charge in [-0.15, -0.1) is 0 Å². The number of hydrazine groups is 1. The van der Waals surface area contributed by atoms with Crippen molar-refractivity contribution in [3.05, 3.63) is 60.4 Å². The molecule has 28 heavy (non-hydrogen) atoms. The number of carbonyl (C=O) groups is 2. The fraction of sp³-hybridized carbons (Fsp3) is 0.381. The molecule has 2 aliphatic rings. The summed E-state index contributed by atoms with van der Waals surface area (Å²) < 4.78 is 0. The first-order valence-corrected chi connectivity index (χ1v) is 9.76. The highest BCUT2D eigenvalue weighted by atomic mass is 16.2. The lowest BCUT2D eigenvalue weighted by Crippen LogP contribution is -2.49. The summed E-state index contributed by atoms with van der Waals surface area (Å²) in [4.78, 5) is 31.2. The molecule has 2 aliphatic heterocycles. The van der Waals surface area contributed by atoms with Crippen LogP contribution in [0.25, 0.3) is 0 Å². The third kappa shape index (κ3) is 4.21. The Hall–Kier alpha value is -2.77. The predicted molar refractivity (Wildman–Crippen MR) is 106 cm³/mol. The van der Waals surface area contributed by atoms with E-state index in [-0.39, 0.29) is 29.8 Å². The topological polar surface area (TPSA) is 86.4 Å². The zero-order valence-electron chi connectivity index (χ0n) is 15.7. The number of nitrogens with one attached hydrogen (secondary N) is 3. The van der Waals surface area contributed by atoms with Crippen molar-refractivity contribution >= 4 is 17.5 Å². The number of piperidine rings is 1. The smallest absolute Gasteiger partial charge is 0.241 e. The van der Waals surface area contributed by atoms with Crippen LogP contribution in [0.1, 0.15) is 30.9 Å². The molecule has 7 nitrogen and oxygen atoms in total. The fourth-order valence-electron chi connectivity index (χ4n) is 3.88. The lowest BCUT2D eigenvalue weighted by atomic mass is 9.94. The molecule has 3 N–H and O–H groups in total. The maximum atomic E-state index is 12.9. The number of amides is 2. The molecule has 2 aromatic rings. The van der Waals surface area contributed by atoms with E-state index in [1.807, 2.05) is 47.4 Å². The van der Waals surface area contributed by atoms with Crippen molar-refractivity contribution in [1.82, 2.24) is 20.7 Å². The van der Waals surface area contributed by atoms with E-state index in [1.165, 1.54) is 0 Å². The lowest BCUT2D eigenvalue weighted by molar-refractivity contribution is -0.136. The number of rotatable bonds is 4.